The lowest BCUT2D eigenvalue weighted by atomic mass is 9.85. The smallest absolute Gasteiger partial charge is 0.237 e. The van der Waals surface area contributed by atoms with E-state index < -0.39 is 0 Å². The summed E-state index contributed by atoms with van der Waals surface area (Å²) in [5, 5.41) is 3.07. The van der Waals surface area contributed by atoms with E-state index in [1.54, 1.807) is 0 Å². The zero-order valence-electron chi connectivity index (χ0n) is 13.4. The fourth-order valence-corrected chi connectivity index (χ4v) is 3.46. The Morgan fingerprint density at radius 3 is 2.62 bits per heavy atom. The van der Waals surface area contributed by atoms with Gasteiger partial charge in [0.25, 0.3) is 0 Å². The van der Waals surface area contributed by atoms with Gasteiger partial charge in [0.15, 0.2) is 0 Å². The number of carbonyl (C=O) groups excluding carboxylic acids is 1. The third-order valence-corrected chi connectivity index (χ3v) is 4.67. The van der Waals surface area contributed by atoms with Gasteiger partial charge in [0, 0.05) is 25.7 Å². The molecule has 0 radical (unpaired) electrons. The largest absolute Gasteiger partial charge is 0.379 e. The van der Waals surface area contributed by atoms with Crippen molar-refractivity contribution in [1.29, 1.82) is 0 Å². The molecule has 1 heterocycles. The molecule has 21 heavy (non-hydrogen) atoms. The molecule has 1 amide bonds. The third-order valence-electron chi connectivity index (χ3n) is 4.67. The van der Waals surface area contributed by atoms with E-state index in [1.165, 1.54) is 32.1 Å². The summed E-state index contributed by atoms with van der Waals surface area (Å²) in [7, 11) is 0. The average Bonchev–Trinajstić information content (AvgIpc) is 2.49. The van der Waals surface area contributed by atoms with Gasteiger partial charge in [-0.25, -0.2) is 0 Å². The highest BCUT2D eigenvalue weighted by Gasteiger charge is 2.23. The summed E-state index contributed by atoms with van der Waals surface area (Å²) < 4.78 is 5.34. The van der Waals surface area contributed by atoms with Crippen LogP contribution >= 0.6 is 0 Å². The van der Waals surface area contributed by atoms with E-state index >= 15 is 0 Å². The molecule has 5 nitrogen and oxygen atoms in total. The summed E-state index contributed by atoms with van der Waals surface area (Å²) >= 11 is 0. The van der Waals surface area contributed by atoms with Crippen molar-refractivity contribution in [3.8, 4) is 0 Å². The predicted molar refractivity (Wildman–Crippen MR) is 84.0 cm³/mol. The van der Waals surface area contributed by atoms with Crippen LogP contribution in [0, 0.1) is 5.92 Å². The number of amides is 1. The summed E-state index contributed by atoms with van der Waals surface area (Å²) in [6.45, 7) is 6.43. The zero-order chi connectivity index (χ0) is 15.1. The van der Waals surface area contributed by atoms with Crippen molar-refractivity contribution in [2.24, 2.45) is 11.7 Å². The molecule has 3 N–H and O–H groups in total. The van der Waals surface area contributed by atoms with Gasteiger partial charge in [0.1, 0.15) is 0 Å². The first kappa shape index (κ1) is 16.7. The lowest BCUT2D eigenvalue weighted by molar-refractivity contribution is -0.123. The monoisotopic (exact) mass is 297 g/mol. The molecule has 1 saturated carbocycles. The van der Waals surface area contributed by atoms with E-state index in [0.717, 1.165) is 39.3 Å². The number of carbonyl (C=O) groups is 1. The Hall–Kier alpha value is -0.650. The Labute approximate surface area is 128 Å². The van der Waals surface area contributed by atoms with Gasteiger partial charge in [-0.1, -0.05) is 32.1 Å². The van der Waals surface area contributed by atoms with Gasteiger partial charge < -0.3 is 15.8 Å². The van der Waals surface area contributed by atoms with Crippen LogP contribution in [-0.2, 0) is 9.53 Å². The first-order valence-electron chi connectivity index (χ1n) is 8.51. The average molecular weight is 297 g/mol. The first-order valence-corrected chi connectivity index (χ1v) is 8.51. The molecule has 2 rings (SSSR count). The van der Waals surface area contributed by atoms with Crippen LogP contribution in [0.1, 0.15) is 45.4 Å². The van der Waals surface area contributed by atoms with Gasteiger partial charge in [0.2, 0.25) is 5.91 Å². The van der Waals surface area contributed by atoms with E-state index in [9.17, 15) is 4.79 Å². The molecule has 2 fully saturated rings. The molecule has 0 aromatic rings. The number of rotatable bonds is 6. The molecule has 1 aliphatic heterocycles. The van der Waals surface area contributed by atoms with Gasteiger partial charge in [-0.05, 0) is 19.3 Å². The fraction of sp³-hybridized carbons (Fsp3) is 0.938. The minimum absolute atomic E-state index is 0.0151. The van der Waals surface area contributed by atoms with E-state index in [-0.39, 0.29) is 18.0 Å². The highest BCUT2D eigenvalue weighted by Crippen LogP contribution is 2.26. The van der Waals surface area contributed by atoms with Crippen LogP contribution in [0.15, 0.2) is 0 Å². The van der Waals surface area contributed by atoms with Gasteiger partial charge in [0.05, 0.1) is 19.3 Å². The highest BCUT2D eigenvalue weighted by molar-refractivity contribution is 5.81. The molecule has 1 saturated heterocycles. The number of nitrogens with two attached hydrogens (primary N) is 1. The van der Waals surface area contributed by atoms with Crippen LogP contribution < -0.4 is 11.1 Å². The number of hydrogen-bond acceptors (Lipinski definition) is 4. The molecule has 2 unspecified atom stereocenters. The maximum atomic E-state index is 12.2. The van der Waals surface area contributed by atoms with Crippen molar-refractivity contribution >= 4 is 5.91 Å². The second kappa shape index (κ2) is 8.71. The van der Waals surface area contributed by atoms with E-state index in [0.29, 0.717) is 5.92 Å². The van der Waals surface area contributed by atoms with Crippen molar-refractivity contribution in [3.63, 3.8) is 0 Å². The fourth-order valence-electron chi connectivity index (χ4n) is 3.46. The highest BCUT2D eigenvalue weighted by atomic mass is 16.5. The molecule has 0 spiro atoms. The Morgan fingerprint density at radius 2 is 1.95 bits per heavy atom. The van der Waals surface area contributed by atoms with E-state index in [1.807, 2.05) is 0 Å². The van der Waals surface area contributed by atoms with Gasteiger partial charge in [-0.2, -0.15) is 0 Å². The summed E-state index contributed by atoms with van der Waals surface area (Å²) in [5.41, 5.74) is 6.08. The molecule has 122 valence electrons. The van der Waals surface area contributed by atoms with Crippen LogP contribution in [0.5, 0.6) is 0 Å². The topological polar surface area (TPSA) is 67.6 Å². The van der Waals surface area contributed by atoms with Crippen LogP contribution in [0.2, 0.25) is 0 Å². The zero-order valence-corrected chi connectivity index (χ0v) is 13.4. The third kappa shape index (κ3) is 5.93. The molecule has 2 atom stereocenters. The number of morpholine rings is 1. The summed E-state index contributed by atoms with van der Waals surface area (Å²) in [6, 6.07) is -0.201. The summed E-state index contributed by atoms with van der Waals surface area (Å²) in [5.74, 6) is 0.662. The van der Waals surface area contributed by atoms with E-state index in [4.69, 9.17) is 10.5 Å². The van der Waals surface area contributed by atoms with Gasteiger partial charge >= 0.3 is 0 Å². The Morgan fingerprint density at radius 1 is 1.29 bits per heavy atom. The van der Waals surface area contributed by atoms with Crippen LogP contribution in [-0.4, -0.2) is 55.7 Å². The van der Waals surface area contributed by atoms with Crippen molar-refractivity contribution in [3.05, 3.63) is 0 Å². The molecular formula is C16H31N3O2. The second-order valence-corrected chi connectivity index (χ2v) is 6.67. The molecular weight excluding hydrogens is 266 g/mol. The predicted octanol–water partition coefficient (Wildman–Crippen LogP) is 1.12. The Kier molecular flexibility index (Phi) is 6.93. The molecule has 0 bridgehead atoms. The van der Waals surface area contributed by atoms with Crippen LogP contribution in [0.3, 0.4) is 0 Å². The van der Waals surface area contributed by atoms with Crippen LogP contribution in [0.4, 0.5) is 0 Å². The lowest BCUT2D eigenvalue weighted by Gasteiger charge is -2.30. The Balaban J connectivity index is 1.66. The Bertz CT molecular complexity index is 313. The SMILES string of the molecule is CC(CN1CCOCC1)NC(=O)C(N)CC1CCCCC1. The minimum Gasteiger partial charge on any atom is -0.379 e. The number of ether oxygens (including phenoxy) is 1. The van der Waals surface area contributed by atoms with E-state index in [2.05, 4.69) is 17.1 Å². The van der Waals surface area contributed by atoms with Crippen molar-refractivity contribution < 1.29 is 9.53 Å². The summed E-state index contributed by atoms with van der Waals surface area (Å²) in [6.07, 6.45) is 7.26. The lowest BCUT2D eigenvalue weighted by Crippen LogP contribution is -2.50. The van der Waals surface area contributed by atoms with Gasteiger partial charge in [-0.15, -0.1) is 0 Å². The number of nitrogens with one attached hydrogen (secondary N) is 1. The normalized spacial score (nSPS) is 24.5. The van der Waals surface area contributed by atoms with Gasteiger partial charge in [-0.3, -0.25) is 9.69 Å². The number of nitrogens with zero attached hydrogens (tertiary/aromatic N) is 1. The van der Waals surface area contributed by atoms with Crippen molar-refractivity contribution in [2.75, 3.05) is 32.8 Å². The molecule has 0 aromatic carbocycles. The van der Waals surface area contributed by atoms with Crippen molar-refractivity contribution in [2.45, 2.75) is 57.5 Å². The maximum absolute atomic E-state index is 12.2. The van der Waals surface area contributed by atoms with Crippen molar-refractivity contribution in [1.82, 2.24) is 10.2 Å². The molecule has 0 aromatic heterocycles. The molecule has 2 aliphatic rings. The molecule has 1 aliphatic carbocycles. The molecule has 5 heteroatoms. The first-order chi connectivity index (χ1) is 10.1. The maximum Gasteiger partial charge on any atom is 0.237 e. The number of hydrogen-bond donors (Lipinski definition) is 2. The minimum atomic E-state index is -0.347. The van der Waals surface area contributed by atoms with Crippen LogP contribution in [0.25, 0.3) is 0 Å². The standard InChI is InChI=1S/C16H31N3O2/c1-13(12-19-7-9-21-10-8-19)18-16(20)15(17)11-14-5-3-2-4-6-14/h13-15H,2-12,17H2,1H3,(H,18,20). The quantitative estimate of drug-likeness (QED) is 0.771. The second-order valence-electron chi connectivity index (χ2n) is 6.67. The summed E-state index contributed by atoms with van der Waals surface area (Å²) in [4.78, 5) is 14.5.